The Kier molecular flexibility index (Phi) is 4.53. The van der Waals surface area contributed by atoms with E-state index >= 15 is 0 Å². The molecule has 0 spiro atoms. The molecule has 0 unspecified atom stereocenters. The first-order valence-electron chi connectivity index (χ1n) is 7.71. The minimum atomic E-state index is -0.245. The molecule has 0 aliphatic carbocycles. The highest BCUT2D eigenvalue weighted by Crippen LogP contribution is 2.21. The molecule has 5 nitrogen and oxygen atoms in total. The smallest absolute Gasteiger partial charge is 0.347 e. The van der Waals surface area contributed by atoms with Crippen molar-refractivity contribution in [2.75, 3.05) is 26.2 Å². The molecule has 1 aliphatic rings. The van der Waals surface area contributed by atoms with E-state index in [2.05, 4.69) is 9.88 Å². The Balaban J connectivity index is 1.59. The maximum Gasteiger partial charge on any atom is 0.347 e. The van der Waals surface area contributed by atoms with Crippen molar-refractivity contribution in [3.05, 3.63) is 47.1 Å². The third kappa shape index (κ3) is 3.54. The van der Waals surface area contributed by atoms with Crippen LogP contribution in [0.25, 0.3) is 11.1 Å². The van der Waals surface area contributed by atoms with Crippen molar-refractivity contribution in [1.82, 2.24) is 14.5 Å². The van der Waals surface area contributed by atoms with Crippen LogP contribution in [0, 0.1) is 0 Å². The van der Waals surface area contributed by atoms with Crippen LogP contribution in [0.15, 0.2) is 41.5 Å². The highest BCUT2D eigenvalue weighted by atomic mass is 16.5. The molecule has 0 radical (unpaired) electrons. The van der Waals surface area contributed by atoms with Gasteiger partial charge in [0.1, 0.15) is 12.4 Å². The van der Waals surface area contributed by atoms with Crippen LogP contribution in [0.4, 0.5) is 0 Å². The number of hydrogen-bond acceptors (Lipinski definition) is 4. The Morgan fingerprint density at radius 2 is 1.86 bits per heavy atom. The summed E-state index contributed by atoms with van der Waals surface area (Å²) in [5, 5.41) is 0. The van der Waals surface area contributed by atoms with E-state index in [0.29, 0.717) is 0 Å². The molecular formula is C17H21N3O2. The number of aryl methyl sites for hydroxylation is 1. The van der Waals surface area contributed by atoms with Crippen LogP contribution in [-0.2, 0) is 7.05 Å². The second kappa shape index (κ2) is 6.75. The lowest BCUT2D eigenvalue weighted by molar-refractivity contribution is 0.238. The van der Waals surface area contributed by atoms with Gasteiger partial charge in [0.05, 0.1) is 0 Å². The van der Waals surface area contributed by atoms with Crippen molar-refractivity contribution in [1.29, 1.82) is 0 Å². The molecule has 0 amide bonds. The first-order chi connectivity index (χ1) is 10.7. The molecule has 2 heterocycles. The van der Waals surface area contributed by atoms with Gasteiger partial charge in [-0.2, -0.15) is 0 Å². The van der Waals surface area contributed by atoms with E-state index in [9.17, 15) is 4.79 Å². The molecule has 1 aromatic heterocycles. The molecule has 2 aromatic rings. The first-order valence-corrected chi connectivity index (χ1v) is 7.71. The first kappa shape index (κ1) is 14.8. The summed E-state index contributed by atoms with van der Waals surface area (Å²) in [7, 11) is 1.70. The standard InChI is InChI=1S/C17H21N3O2/c1-19-13-15(12-18-17(19)21)14-4-6-16(7-5-14)22-11-10-20-8-2-3-9-20/h4-7,12-13H,2-3,8-11H2,1H3. The highest BCUT2D eigenvalue weighted by Gasteiger charge is 2.10. The lowest BCUT2D eigenvalue weighted by atomic mass is 10.1. The van der Waals surface area contributed by atoms with Crippen molar-refractivity contribution in [2.45, 2.75) is 12.8 Å². The number of likely N-dealkylation sites (tertiary alicyclic amines) is 1. The number of benzene rings is 1. The second-order valence-electron chi connectivity index (χ2n) is 5.66. The number of aromatic nitrogens is 2. The summed E-state index contributed by atoms with van der Waals surface area (Å²) < 4.78 is 7.27. The molecule has 0 atom stereocenters. The van der Waals surface area contributed by atoms with Gasteiger partial charge in [0, 0.05) is 31.5 Å². The molecule has 5 heteroatoms. The number of rotatable bonds is 5. The van der Waals surface area contributed by atoms with E-state index in [1.54, 1.807) is 19.4 Å². The Hall–Kier alpha value is -2.14. The van der Waals surface area contributed by atoms with Crippen LogP contribution in [0.5, 0.6) is 5.75 Å². The third-order valence-corrected chi connectivity index (χ3v) is 4.01. The lowest BCUT2D eigenvalue weighted by Gasteiger charge is -2.15. The summed E-state index contributed by atoms with van der Waals surface area (Å²) in [6, 6.07) is 7.91. The van der Waals surface area contributed by atoms with Gasteiger partial charge in [-0.15, -0.1) is 0 Å². The summed E-state index contributed by atoms with van der Waals surface area (Å²) >= 11 is 0. The average molecular weight is 299 g/mol. The predicted octanol–water partition coefficient (Wildman–Crippen LogP) is 1.92. The van der Waals surface area contributed by atoms with Crippen molar-refractivity contribution < 1.29 is 4.74 Å². The molecule has 3 rings (SSSR count). The van der Waals surface area contributed by atoms with Crippen molar-refractivity contribution in [3.8, 4) is 16.9 Å². The van der Waals surface area contributed by atoms with Crippen LogP contribution in [-0.4, -0.2) is 40.7 Å². The molecule has 1 aromatic carbocycles. The molecule has 0 bridgehead atoms. The maximum atomic E-state index is 11.3. The molecule has 0 saturated carbocycles. The summed E-state index contributed by atoms with van der Waals surface area (Å²) in [4.78, 5) is 17.6. The molecule has 1 fully saturated rings. The normalized spacial score (nSPS) is 15.1. The summed E-state index contributed by atoms with van der Waals surface area (Å²) in [5.74, 6) is 0.876. The van der Waals surface area contributed by atoms with Crippen LogP contribution in [0.3, 0.4) is 0 Å². The zero-order valence-electron chi connectivity index (χ0n) is 12.9. The summed E-state index contributed by atoms with van der Waals surface area (Å²) in [6.45, 7) is 4.11. The van der Waals surface area contributed by atoms with E-state index in [0.717, 1.165) is 30.0 Å². The van der Waals surface area contributed by atoms with Gasteiger partial charge in [-0.3, -0.25) is 4.90 Å². The highest BCUT2D eigenvalue weighted by molar-refractivity contribution is 5.62. The lowest BCUT2D eigenvalue weighted by Crippen LogP contribution is -2.25. The van der Waals surface area contributed by atoms with Crippen LogP contribution >= 0.6 is 0 Å². The number of nitrogens with zero attached hydrogens (tertiary/aromatic N) is 3. The van der Waals surface area contributed by atoms with E-state index in [1.165, 1.54) is 30.5 Å². The van der Waals surface area contributed by atoms with Gasteiger partial charge in [-0.05, 0) is 43.6 Å². The largest absolute Gasteiger partial charge is 0.492 e. The average Bonchev–Trinajstić information content (AvgIpc) is 3.04. The Labute approximate surface area is 130 Å². The van der Waals surface area contributed by atoms with Gasteiger partial charge in [0.15, 0.2) is 0 Å². The van der Waals surface area contributed by atoms with Gasteiger partial charge in [0.2, 0.25) is 0 Å². The van der Waals surface area contributed by atoms with E-state index in [4.69, 9.17) is 4.74 Å². The quantitative estimate of drug-likeness (QED) is 0.846. The SMILES string of the molecule is Cn1cc(-c2ccc(OCCN3CCCC3)cc2)cnc1=O. The molecular weight excluding hydrogens is 278 g/mol. The van der Waals surface area contributed by atoms with Crippen LogP contribution in [0.1, 0.15) is 12.8 Å². The van der Waals surface area contributed by atoms with Gasteiger partial charge in [-0.25, -0.2) is 9.78 Å². The van der Waals surface area contributed by atoms with Crippen LogP contribution in [0.2, 0.25) is 0 Å². The van der Waals surface area contributed by atoms with E-state index < -0.39 is 0 Å². The minimum Gasteiger partial charge on any atom is -0.492 e. The second-order valence-corrected chi connectivity index (χ2v) is 5.66. The third-order valence-electron chi connectivity index (χ3n) is 4.01. The van der Waals surface area contributed by atoms with Crippen molar-refractivity contribution >= 4 is 0 Å². The van der Waals surface area contributed by atoms with Gasteiger partial charge < -0.3 is 9.30 Å². The topological polar surface area (TPSA) is 47.4 Å². The van der Waals surface area contributed by atoms with Crippen molar-refractivity contribution in [3.63, 3.8) is 0 Å². The molecule has 0 N–H and O–H groups in total. The predicted molar refractivity (Wildman–Crippen MR) is 86.1 cm³/mol. The molecule has 22 heavy (non-hydrogen) atoms. The molecule has 1 aliphatic heterocycles. The van der Waals surface area contributed by atoms with E-state index in [1.807, 2.05) is 24.3 Å². The van der Waals surface area contributed by atoms with Gasteiger partial charge in [0.25, 0.3) is 0 Å². The fourth-order valence-electron chi connectivity index (χ4n) is 2.70. The number of ether oxygens (including phenoxy) is 1. The minimum absolute atomic E-state index is 0.245. The molecule has 116 valence electrons. The Bertz CT molecular complexity index is 673. The Morgan fingerprint density at radius 3 is 2.55 bits per heavy atom. The maximum absolute atomic E-state index is 11.3. The summed E-state index contributed by atoms with van der Waals surface area (Å²) in [6.07, 6.45) is 6.01. The summed E-state index contributed by atoms with van der Waals surface area (Å²) in [5.41, 5.74) is 1.70. The van der Waals surface area contributed by atoms with Gasteiger partial charge >= 0.3 is 5.69 Å². The molecule has 1 saturated heterocycles. The van der Waals surface area contributed by atoms with E-state index in [-0.39, 0.29) is 5.69 Å². The fraction of sp³-hybridized carbons (Fsp3) is 0.412. The Morgan fingerprint density at radius 1 is 1.14 bits per heavy atom. The van der Waals surface area contributed by atoms with Crippen LogP contribution < -0.4 is 10.4 Å². The zero-order valence-corrected chi connectivity index (χ0v) is 12.9. The van der Waals surface area contributed by atoms with Crippen molar-refractivity contribution in [2.24, 2.45) is 7.05 Å². The fourth-order valence-corrected chi connectivity index (χ4v) is 2.70. The monoisotopic (exact) mass is 299 g/mol. The van der Waals surface area contributed by atoms with Gasteiger partial charge in [-0.1, -0.05) is 12.1 Å². The zero-order chi connectivity index (χ0) is 15.4. The number of hydrogen-bond donors (Lipinski definition) is 0.